The van der Waals surface area contributed by atoms with Crippen LogP contribution in [0, 0.1) is 12.7 Å². The molecule has 0 aromatic heterocycles. The van der Waals surface area contributed by atoms with E-state index >= 15 is 0 Å². The van der Waals surface area contributed by atoms with Crippen LogP contribution in [0.15, 0.2) is 42.5 Å². The topological polar surface area (TPSA) is 61.4 Å². The van der Waals surface area contributed by atoms with E-state index in [1.54, 1.807) is 23.1 Å². The number of benzene rings is 2. The molecular weight excluding hydrogens is 345 g/mol. The van der Waals surface area contributed by atoms with Gasteiger partial charge in [0.05, 0.1) is 16.8 Å². The van der Waals surface area contributed by atoms with Gasteiger partial charge in [0.1, 0.15) is 5.82 Å². The summed E-state index contributed by atoms with van der Waals surface area (Å²) in [6, 6.07) is 11.5. The van der Waals surface area contributed by atoms with Gasteiger partial charge in [0, 0.05) is 19.1 Å². The van der Waals surface area contributed by atoms with Crippen LogP contribution in [0.5, 0.6) is 0 Å². The van der Waals surface area contributed by atoms with Gasteiger partial charge in [0.15, 0.2) is 0 Å². The van der Waals surface area contributed by atoms with Gasteiger partial charge < -0.3 is 15.5 Å². The zero-order valence-electron chi connectivity index (χ0n) is 15.6. The number of rotatable bonds is 4. The standard InChI is InChI=1S/C21H24FN3O2/c1-14-6-5-8-17(21(27)25-12-10-15(23-2)11-13-25)19(14)24-20(26)16-7-3-4-9-18(16)22/h3-9,15,23H,10-13H2,1-2H3,(H,24,26). The second kappa shape index (κ2) is 8.31. The predicted molar refractivity (Wildman–Crippen MR) is 104 cm³/mol. The monoisotopic (exact) mass is 369 g/mol. The molecule has 5 nitrogen and oxygen atoms in total. The fraction of sp³-hybridized carbons (Fsp3) is 0.333. The number of para-hydroxylation sites is 1. The van der Waals surface area contributed by atoms with Gasteiger partial charge in [-0.2, -0.15) is 0 Å². The number of nitrogens with one attached hydrogen (secondary N) is 2. The summed E-state index contributed by atoms with van der Waals surface area (Å²) in [5, 5.41) is 5.98. The highest BCUT2D eigenvalue weighted by molar-refractivity contribution is 6.09. The maximum Gasteiger partial charge on any atom is 0.258 e. The number of aryl methyl sites for hydroxylation is 1. The summed E-state index contributed by atoms with van der Waals surface area (Å²) in [6.45, 7) is 3.15. The smallest absolute Gasteiger partial charge is 0.258 e. The predicted octanol–water partition coefficient (Wildman–Crippen LogP) is 3.21. The van der Waals surface area contributed by atoms with Crippen LogP contribution in [-0.2, 0) is 0 Å². The lowest BCUT2D eigenvalue weighted by atomic mass is 10.0. The Morgan fingerprint density at radius 3 is 2.37 bits per heavy atom. The Bertz CT molecular complexity index is 845. The van der Waals surface area contributed by atoms with E-state index in [0.717, 1.165) is 18.4 Å². The van der Waals surface area contributed by atoms with Crippen molar-refractivity contribution in [3.8, 4) is 0 Å². The molecule has 2 aromatic rings. The molecule has 1 aliphatic heterocycles. The lowest BCUT2D eigenvalue weighted by Gasteiger charge is -2.32. The van der Waals surface area contributed by atoms with Crippen molar-refractivity contribution < 1.29 is 14.0 Å². The average Bonchev–Trinajstić information content (AvgIpc) is 2.69. The molecule has 27 heavy (non-hydrogen) atoms. The van der Waals surface area contributed by atoms with Crippen LogP contribution in [0.3, 0.4) is 0 Å². The van der Waals surface area contributed by atoms with Crippen molar-refractivity contribution in [1.29, 1.82) is 0 Å². The number of carbonyl (C=O) groups is 2. The van der Waals surface area contributed by atoms with Gasteiger partial charge in [0.2, 0.25) is 0 Å². The minimum atomic E-state index is -0.592. The van der Waals surface area contributed by atoms with Gasteiger partial charge in [-0.25, -0.2) is 4.39 Å². The number of likely N-dealkylation sites (tertiary alicyclic amines) is 1. The first-order valence-electron chi connectivity index (χ1n) is 9.13. The summed E-state index contributed by atoms with van der Waals surface area (Å²) in [5.41, 5.74) is 1.58. The van der Waals surface area contributed by atoms with Crippen molar-refractivity contribution >= 4 is 17.5 Å². The average molecular weight is 369 g/mol. The Kier molecular flexibility index (Phi) is 5.86. The van der Waals surface area contributed by atoms with E-state index in [2.05, 4.69) is 10.6 Å². The molecule has 2 N–H and O–H groups in total. The normalized spacial score (nSPS) is 14.9. The van der Waals surface area contributed by atoms with Crippen LogP contribution < -0.4 is 10.6 Å². The summed E-state index contributed by atoms with van der Waals surface area (Å²) in [6.07, 6.45) is 1.79. The molecule has 0 spiro atoms. The van der Waals surface area contributed by atoms with E-state index in [-0.39, 0.29) is 11.5 Å². The van der Waals surface area contributed by atoms with Crippen LogP contribution in [0.4, 0.5) is 10.1 Å². The summed E-state index contributed by atoms with van der Waals surface area (Å²) in [4.78, 5) is 27.4. The molecule has 0 saturated carbocycles. The van der Waals surface area contributed by atoms with Crippen LogP contribution in [0.1, 0.15) is 39.1 Å². The van der Waals surface area contributed by atoms with Gasteiger partial charge >= 0.3 is 0 Å². The zero-order chi connectivity index (χ0) is 19.4. The van der Waals surface area contributed by atoms with Gasteiger partial charge in [-0.3, -0.25) is 9.59 Å². The van der Waals surface area contributed by atoms with Crippen molar-refractivity contribution in [2.75, 3.05) is 25.5 Å². The summed E-state index contributed by atoms with van der Waals surface area (Å²) in [7, 11) is 1.93. The lowest BCUT2D eigenvalue weighted by molar-refractivity contribution is 0.0708. The third-order valence-corrected chi connectivity index (χ3v) is 5.05. The number of anilines is 1. The van der Waals surface area contributed by atoms with E-state index in [4.69, 9.17) is 0 Å². The Labute approximate surface area is 158 Å². The molecule has 2 aromatic carbocycles. The number of hydrogen-bond acceptors (Lipinski definition) is 3. The van der Waals surface area contributed by atoms with Gasteiger partial charge in [-0.05, 0) is 50.6 Å². The third kappa shape index (κ3) is 4.17. The number of halogens is 1. The molecular formula is C21H24FN3O2. The van der Waals surface area contributed by atoms with Crippen molar-refractivity contribution in [2.45, 2.75) is 25.8 Å². The number of piperidine rings is 1. The molecule has 1 heterocycles. The molecule has 3 rings (SSSR count). The second-order valence-electron chi connectivity index (χ2n) is 6.79. The van der Waals surface area contributed by atoms with E-state index in [1.807, 2.05) is 20.0 Å². The number of hydrogen-bond donors (Lipinski definition) is 2. The van der Waals surface area contributed by atoms with Crippen molar-refractivity contribution in [1.82, 2.24) is 10.2 Å². The highest BCUT2D eigenvalue weighted by Crippen LogP contribution is 2.25. The Hall–Kier alpha value is -2.73. The Morgan fingerprint density at radius 1 is 1.04 bits per heavy atom. The van der Waals surface area contributed by atoms with E-state index in [0.29, 0.717) is 30.4 Å². The van der Waals surface area contributed by atoms with Crippen molar-refractivity contribution in [3.05, 3.63) is 65.0 Å². The molecule has 0 bridgehead atoms. The molecule has 0 aliphatic carbocycles. The highest BCUT2D eigenvalue weighted by atomic mass is 19.1. The number of nitrogens with zero attached hydrogens (tertiary/aromatic N) is 1. The van der Waals surface area contributed by atoms with Crippen LogP contribution in [-0.4, -0.2) is 42.9 Å². The molecule has 1 aliphatic rings. The van der Waals surface area contributed by atoms with Gasteiger partial charge in [-0.1, -0.05) is 24.3 Å². The molecule has 0 unspecified atom stereocenters. The first-order chi connectivity index (χ1) is 13.0. The maximum atomic E-state index is 13.9. The van der Waals surface area contributed by atoms with Crippen molar-refractivity contribution in [2.24, 2.45) is 0 Å². The number of carbonyl (C=O) groups excluding carboxylic acids is 2. The minimum absolute atomic E-state index is 0.0472. The first-order valence-corrected chi connectivity index (χ1v) is 9.13. The van der Waals surface area contributed by atoms with Crippen LogP contribution in [0.2, 0.25) is 0 Å². The van der Waals surface area contributed by atoms with Crippen LogP contribution >= 0.6 is 0 Å². The molecule has 0 radical (unpaired) electrons. The fourth-order valence-electron chi connectivity index (χ4n) is 3.38. The van der Waals surface area contributed by atoms with Gasteiger partial charge in [0.25, 0.3) is 11.8 Å². The fourth-order valence-corrected chi connectivity index (χ4v) is 3.38. The quantitative estimate of drug-likeness (QED) is 0.870. The van der Waals surface area contributed by atoms with Crippen molar-refractivity contribution in [3.63, 3.8) is 0 Å². The van der Waals surface area contributed by atoms with E-state index in [1.165, 1.54) is 18.2 Å². The summed E-state index contributed by atoms with van der Waals surface area (Å²) in [5.74, 6) is -1.27. The molecule has 1 saturated heterocycles. The molecule has 1 fully saturated rings. The third-order valence-electron chi connectivity index (χ3n) is 5.05. The molecule has 0 atom stereocenters. The van der Waals surface area contributed by atoms with Crippen LogP contribution in [0.25, 0.3) is 0 Å². The molecule has 2 amide bonds. The second-order valence-corrected chi connectivity index (χ2v) is 6.79. The van der Waals surface area contributed by atoms with E-state index < -0.39 is 11.7 Å². The summed E-state index contributed by atoms with van der Waals surface area (Å²) < 4.78 is 13.9. The minimum Gasteiger partial charge on any atom is -0.338 e. The Morgan fingerprint density at radius 2 is 1.70 bits per heavy atom. The Balaban J connectivity index is 1.84. The zero-order valence-corrected chi connectivity index (χ0v) is 15.6. The largest absolute Gasteiger partial charge is 0.338 e. The number of amides is 2. The van der Waals surface area contributed by atoms with E-state index in [9.17, 15) is 14.0 Å². The first kappa shape index (κ1) is 19.0. The van der Waals surface area contributed by atoms with Gasteiger partial charge in [-0.15, -0.1) is 0 Å². The summed E-state index contributed by atoms with van der Waals surface area (Å²) >= 11 is 0. The molecule has 6 heteroatoms. The lowest BCUT2D eigenvalue weighted by Crippen LogP contribution is -2.44. The SMILES string of the molecule is CNC1CCN(C(=O)c2cccc(C)c2NC(=O)c2ccccc2F)CC1. The highest BCUT2D eigenvalue weighted by Gasteiger charge is 2.25. The molecule has 142 valence electrons. The maximum absolute atomic E-state index is 13.9.